The van der Waals surface area contributed by atoms with Crippen molar-refractivity contribution >= 4 is 34.0 Å². The number of nitro benzene ring substituents is 1. The maximum atomic E-state index is 12.8. The summed E-state index contributed by atoms with van der Waals surface area (Å²) in [5.41, 5.74) is 0.226. The molecule has 0 atom stereocenters. The molecule has 0 aliphatic carbocycles. The topological polar surface area (TPSA) is 96.7 Å². The lowest BCUT2D eigenvalue weighted by Crippen LogP contribution is -2.42. The number of hydrogen-bond acceptors (Lipinski definition) is 6. The smallest absolute Gasteiger partial charge is 0.269 e. The number of benzene rings is 1. The Kier molecular flexibility index (Phi) is 4.52. The lowest BCUT2D eigenvalue weighted by Gasteiger charge is -2.25. The second kappa shape index (κ2) is 6.75. The van der Waals surface area contributed by atoms with Crippen LogP contribution in [0.3, 0.4) is 0 Å². The zero-order chi connectivity index (χ0) is 17.1. The number of nitro groups is 1. The molecule has 2 heterocycles. The maximum absolute atomic E-state index is 12.8. The monoisotopic (exact) mass is 346 g/mol. The van der Waals surface area contributed by atoms with Gasteiger partial charge >= 0.3 is 0 Å². The first kappa shape index (κ1) is 16.1. The molecular formula is C15H14N4O4S. The van der Waals surface area contributed by atoms with Gasteiger partial charge in [0.1, 0.15) is 6.67 Å². The molecule has 3 rings (SSSR count). The summed E-state index contributed by atoms with van der Waals surface area (Å²) in [7, 11) is 0. The molecule has 124 valence electrons. The number of amides is 2. The molecule has 0 radical (unpaired) electrons. The number of aromatic nitrogens is 1. The van der Waals surface area contributed by atoms with Gasteiger partial charge in [-0.05, 0) is 18.6 Å². The molecule has 1 aromatic carbocycles. The van der Waals surface area contributed by atoms with Crippen molar-refractivity contribution in [1.82, 2.24) is 9.88 Å². The Bertz CT molecular complexity index is 760. The second-order valence-electron chi connectivity index (χ2n) is 5.25. The van der Waals surface area contributed by atoms with E-state index in [-0.39, 0.29) is 24.2 Å². The van der Waals surface area contributed by atoms with E-state index in [4.69, 9.17) is 0 Å². The van der Waals surface area contributed by atoms with Crippen LogP contribution in [0.1, 0.15) is 23.2 Å². The van der Waals surface area contributed by atoms with Gasteiger partial charge in [0.05, 0.1) is 4.92 Å². The Balaban J connectivity index is 1.85. The molecule has 0 bridgehead atoms. The highest BCUT2D eigenvalue weighted by molar-refractivity contribution is 7.13. The molecular weight excluding hydrogens is 332 g/mol. The van der Waals surface area contributed by atoms with Crippen LogP contribution < -0.4 is 4.90 Å². The van der Waals surface area contributed by atoms with Crippen molar-refractivity contribution in [3.8, 4) is 0 Å². The Hall–Kier alpha value is -2.81. The first-order chi connectivity index (χ1) is 11.6. The molecule has 1 aromatic heterocycles. The van der Waals surface area contributed by atoms with Gasteiger partial charge in [-0.3, -0.25) is 24.6 Å². The fourth-order valence-corrected chi connectivity index (χ4v) is 3.10. The van der Waals surface area contributed by atoms with Crippen LogP contribution in [-0.2, 0) is 4.79 Å². The highest BCUT2D eigenvalue weighted by atomic mass is 32.1. The van der Waals surface area contributed by atoms with Gasteiger partial charge in [0.2, 0.25) is 5.91 Å². The van der Waals surface area contributed by atoms with Crippen LogP contribution in [0, 0.1) is 10.1 Å². The highest BCUT2D eigenvalue weighted by Crippen LogP contribution is 2.23. The number of hydrogen-bond donors (Lipinski definition) is 0. The second-order valence-corrected chi connectivity index (χ2v) is 6.13. The maximum Gasteiger partial charge on any atom is 0.269 e. The SMILES string of the molecule is O=C1CCCN1CN(C(=O)c1ccc([N+](=O)[O-])cc1)c1nccs1. The largest absolute Gasteiger partial charge is 0.324 e. The molecule has 0 saturated carbocycles. The third kappa shape index (κ3) is 3.25. The average molecular weight is 346 g/mol. The first-order valence-corrected chi connectivity index (χ1v) is 8.18. The minimum absolute atomic E-state index is 0.00746. The zero-order valence-electron chi connectivity index (χ0n) is 12.6. The highest BCUT2D eigenvalue weighted by Gasteiger charge is 2.27. The van der Waals surface area contributed by atoms with E-state index in [1.54, 1.807) is 16.5 Å². The fourth-order valence-electron chi connectivity index (χ4n) is 2.47. The van der Waals surface area contributed by atoms with E-state index in [1.807, 2.05) is 0 Å². The van der Waals surface area contributed by atoms with E-state index in [1.165, 1.54) is 40.5 Å². The van der Waals surface area contributed by atoms with Crippen molar-refractivity contribution in [2.45, 2.75) is 12.8 Å². The van der Waals surface area contributed by atoms with Crippen LogP contribution >= 0.6 is 11.3 Å². The summed E-state index contributed by atoms with van der Waals surface area (Å²) in [6, 6.07) is 5.39. The number of nitrogens with zero attached hydrogens (tertiary/aromatic N) is 4. The number of likely N-dealkylation sites (tertiary alicyclic amines) is 1. The van der Waals surface area contributed by atoms with Gasteiger partial charge < -0.3 is 4.90 Å². The number of non-ortho nitro benzene ring substituents is 1. The lowest BCUT2D eigenvalue weighted by atomic mass is 10.2. The van der Waals surface area contributed by atoms with Gasteiger partial charge in [0, 0.05) is 42.2 Å². The van der Waals surface area contributed by atoms with Gasteiger partial charge in [-0.1, -0.05) is 0 Å². The molecule has 2 amide bonds. The minimum atomic E-state index is -0.518. The Morgan fingerprint density at radius 3 is 2.67 bits per heavy atom. The lowest BCUT2D eigenvalue weighted by molar-refractivity contribution is -0.384. The van der Waals surface area contributed by atoms with Gasteiger partial charge in [-0.15, -0.1) is 11.3 Å². The van der Waals surface area contributed by atoms with Crippen LogP contribution in [-0.4, -0.2) is 39.8 Å². The zero-order valence-corrected chi connectivity index (χ0v) is 13.4. The fraction of sp³-hybridized carbons (Fsp3) is 0.267. The van der Waals surface area contributed by atoms with Crippen LogP contribution in [0.2, 0.25) is 0 Å². The summed E-state index contributed by atoms with van der Waals surface area (Å²) >= 11 is 1.29. The number of carbonyl (C=O) groups is 2. The molecule has 9 heteroatoms. The molecule has 24 heavy (non-hydrogen) atoms. The van der Waals surface area contributed by atoms with E-state index in [0.717, 1.165) is 6.42 Å². The normalized spacial score (nSPS) is 14.0. The predicted octanol–water partition coefficient (Wildman–Crippen LogP) is 2.28. The predicted molar refractivity (Wildman–Crippen MR) is 87.8 cm³/mol. The van der Waals surface area contributed by atoms with Crippen molar-refractivity contribution in [1.29, 1.82) is 0 Å². The summed E-state index contributed by atoms with van der Waals surface area (Å²) in [6.07, 6.45) is 2.84. The van der Waals surface area contributed by atoms with Crippen molar-refractivity contribution < 1.29 is 14.5 Å². The van der Waals surface area contributed by atoms with E-state index in [9.17, 15) is 19.7 Å². The first-order valence-electron chi connectivity index (χ1n) is 7.30. The summed E-state index contributed by atoms with van der Waals surface area (Å²) in [6.45, 7) is 0.733. The molecule has 1 fully saturated rings. The molecule has 0 spiro atoms. The van der Waals surface area contributed by atoms with Crippen LogP contribution in [0.25, 0.3) is 0 Å². The van der Waals surface area contributed by atoms with E-state index in [0.29, 0.717) is 23.7 Å². The Labute approximate surface area is 141 Å². The van der Waals surface area contributed by atoms with Gasteiger partial charge in [0.25, 0.3) is 11.6 Å². The molecule has 1 saturated heterocycles. The van der Waals surface area contributed by atoms with Crippen LogP contribution in [0.4, 0.5) is 10.8 Å². The standard InChI is InChI=1S/C15H14N4O4S/c20-13-2-1-8-17(13)10-18(15-16-7-9-24-15)14(21)11-3-5-12(6-4-11)19(22)23/h3-7,9H,1-2,8,10H2. The van der Waals surface area contributed by atoms with Crippen molar-refractivity contribution in [2.75, 3.05) is 18.1 Å². The number of anilines is 1. The van der Waals surface area contributed by atoms with Crippen LogP contribution in [0.15, 0.2) is 35.8 Å². The molecule has 8 nitrogen and oxygen atoms in total. The Morgan fingerprint density at radius 1 is 1.38 bits per heavy atom. The van der Waals surface area contributed by atoms with Gasteiger partial charge in [-0.2, -0.15) is 0 Å². The Morgan fingerprint density at radius 2 is 2.12 bits per heavy atom. The number of rotatable bonds is 5. The van der Waals surface area contributed by atoms with Crippen molar-refractivity contribution in [3.05, 3.63) is 51.5 Å². The van der Waals surface area contributed by atoms with Crippen molar-refractivity contribution in [2.24, 2.45) is 0 Å². The van der Waals surface area contributed by atoms with Gasteiger partial charge in [-0.25, -0.2) is 4.98 Å². The number of thiazole rings is 1. The molecule has 0 N–H and O–H groups in total. The summed E-state index contributed by atoms with van der Waals surface area (Å²) in [4.78, 5) is 42.1. The van der Waals surface area contributed by atoms with E-state index >= 15 is 0 Å². The van der Waals surface area contributed by atoms with E-state index < -0.39 is 4.92 Å². The van der Waals surface area contributed by atoms with E-state index in [2.05, 4.69) is 4.98 Å². The third-order valence-electron chi connectivity index (χ3n) is 3.70. The summed E-state index contributed by atoms with van der Waals surface area (Å²) in [5, 5.41) is 13.0. The van der Waals surface area contributed by atoms with Crippen molar-refractivity contribution in [3.63, 3.8) is 0 Å². The molecule has 0 unspecified atom stereocenters. The molecule has 2 aromatic rings. The van der Waals surface area contributed by atoms with Gasteiger partial charge in [0.15, 0.2) is 5.13 Å². The molecule has 1 aliphatic heterocycles. The average Bonchev–Trinajstić information content (AvgIpc) is 3.24. The number of carbonyl (C=O) groups excluding carboxylic acids is 2. The summed E-state index contributed by atoms with van der Waals surface area (Å²) in [5.74, 6) is -0.340. The quantitative estimate of drug-likeness (QED) is 0.611. The minimum Gasteiger partial charge on any atom is -0.324 e. The summed E-state index contributed by atoms with van der Waals surface area (Å²) < 4.78 is 0. The third-order valence-corrected chi connectivity index (χ3v) is 4.50. The van der Waals surface area contributed by atoms with Crippen LogP contribution in [0.5, 0.6) is 0 Å². The molecule has 1 aliphatic rings.